The van der Waals surface area contributed by atoms with Crippen molar-refractivity contribution < 1.29 is 29.1 Å². The monoisotopic (exact) mass is 546 g/mol. The summed E-state index contributed by atoms with van der Waals surface area (Å²) < 4.78 is 15.6. The molecule has 9 heteroatoms. The van der Waals surface area contributed by atoms with E-state index in [1.54, 1.807) is 0 Å². The van der Waals surface area contributed by atoms with Crippen LogP contribution in [0.25, 0.3) is 10.9 Å². The standard InChI is InChI=1S/C30H28N2O2.H3O4P/c33-25-11-10-19-16-24-22-17-21-20-8-4-5-9-23(20)31-27(21)29-30(22,26(19)28(25)34-29)13-15-32(24)14-12-18-6-2-1-3-7-18;1-5(2,3)4/h1-11,22,24,29,31,33H,12-17H2;(H3,1,2,3,4)/t22-,24+,29-,30-;/m0./s1. The van der Waals surface area contributed by atoms with Crippen LogP contribution in [0.1, 0.15) is 40.5 Å². The number of aromatic nitrogens is 1. The second-order valence-electron chi connectivity index (χ2n) is 11.2. The Balaban J connectivity index is 0.000000468. The molecule has 1 aromatic heterocycles. The number of phosphoric acid groups is 1. The first kappa shape index (κ1) is 24.9. The maximum absolute atomic E-state index is 10.8. The van der Waals surface area contributed by atoms with Gasteiger partial charge >= 0.3 is 7.82 Å². The number of fused-ring (bicyclic) bond motifs is 4. The summed E-state index contributed by atoms with van der Waals surface area (Å²) >= 11 is 0. The smallest absolute Gasteiger partial charge is 0.466 e. The van der Waals surface area contributed by atoms with E-state index in [0.717, 1.165) is 44.5 Å². The van der Waals surface area contributed by atoms with Crippen molar-refractivity contribution >= 4 is 18.7 Å². The number of H-pyrrole nitrogens is 1. The number of benzene rings is 3. The second kappa shape index (κ2) is 8.95. The summed E-state index contributed by atoms with van der Waals surface area (Å²) in [6, 6.07) is 24.1. The molecule has 3 heterocycles. The van der Waals surface area contributed by atoms with Gasteiger partial charge in [-0.15, -0.1) is 0 Å². The van der Waals surface area contributed by atoms with E-state index in [2.05, 4.69) is 70.5 Å². The van der Waals surface area contributed by atoms with Crippen molar-refractivity contribution in [3.8, 4) is 11.5 Å². The maximum atomic E-state index is 10.8. The first-order valence-corrected chi connectivity index (χ1v) is 15.0. The topological polar surface area (TPSA) is 126 Å². The molecular formula is C30H31N2O6P. The number of phenols is 1. The fourth-order valence-corrected chi connectivity index (χ4v) is 7.89. The van der Waals surface area contributed by atoms with E-state index in [1.807, 2.05) is 6.07 Å². The van der Waals surface area contributed by atoms with Gasteiger partial charge in [-0.3, -0.25) is 4.90 Å². The Morgan fingerprint density at radius 2 is 1.74 bits per heavy atom. The molecule has 4 aliphatic rings. The van der Waals surface area contributed by atoms with Crippen LogP contribution in [0.2, 0.25) is 0 Å². The fraction of sp³-hybridized carbons (Fsp3) is 0.333. The fourth-order valence-electron chi connectivity index (χ4n) is 7.89. The number of para-hydroxylation sites is 1. The molecule has 202 valence electrons. The molecule has 8 rings (SSSR count). The quantitative estimate of drug-likeness (QED) is 0.242. The SMILES string of the molecule is O=P(O)(O)O.Oc1ccc2c3c1O[C@H]1c4[nH]c5ccccc5c4C[C@H]4[C@@H](C2)N(CCc2ccccc2)CC[C@]314. The van der Waals surface area contributed by atoms with Gasteiger partial charge in [-0.2, -0.15) is 0 Å². The van der Waals surface area contributed by atoms with Crippen molar-refractivity contribution in [2.24, 2.45) is 5.92 Å². The zero-order valence-electron chi connectivity index (χ0n) is 21.3. The van der Waals surface area contributed by atoms with E-state index in [-0.39, 0.29) is 11.5 Å². The summed E-state index contributed by atoms with van der Waals surface area (Å²) in [5.41, 5.74) is 7.90. The number of nitrogens with zero attached hydrogens (tertiary/aromatic N) is 1. The van der Waals surface area contributed by atoms with Crippen molar-refractivity contribution in [1.29, 1.82) is 0 Å². The summed E-state index contributed by atoms with van der Waals surface area (Å²) in [4.78, 5) is 28.1. The lowest BCUT2D eigenvalue weighted by molar-refractivity contribution is -0.0350. The van der Waals surface area contributed by atoms with E-state index in [4.69, 9.17) is 24.0 Å². The number of phenolic OH excluding ortho intramolecular Hbond substituents is 1. The molecule has 39 heavy (non-hydrogen) atoms. The van der Waals surface area contributed by atoms with Gasteiger partial charge in [0.1, 0.15) is 6.10 Å². The highest BCUT2D eigenvalue weighted by atomic mass is 31.2. The second-order valence-corrected chi connectivity index (χ2v) is 12.2. The number of aromatic amines is 1. The molecule has 4 aromatic rings. The summed E-state index contributed by atoms with van der Waals surface area (Å²) in [6.07, 6.45) is 4.22. The molecule has 2 aliphatic heterocycles. The van der Waals surface area contributed by atoms with Gasteiger partial charge < -0.3 is 29.5 Å². The number of aromatic hydroxyl groups is 1. The molecule has 0 radical (unpaired) electrons. The van der Waals surface area contributed by atoms with Crippen LogP contribution in [0.15, 0.2) is 66.7 Å². The third-order valence-corrected chi connectivity index (χ3v) is 9.29. The van der Waals surface area contributed by atoms with Crippen LogP contribution in [0.3, 0.4) is 0 Å². The van der Waals surface area contributed by atoms with E-state index >= 15 is 0 Å². The molecule has 5 N–H and O–H groups in total. The Morgan fingerprint density at radius 1 is 1.00 bits per heavy atom. The van der Waals surface area contributed by atoms with Crippen LogP contribution in [0, 0.1) is 5.92 Å². The van der Waals surface area contributed by atoms with Crippen LogP contribution in [0.4, 0.5) is 0 Å². The van der Waals surface area contributed by atoms with Gasteiger partial charge in [0.05, 0.1) is 5.69 Å². The highest BCUT2D eigenvalue weighted by molar-refractivity contribution is 7.45. The zero-order chi connectivity index (χ0) is 26.9. The molecule has 4 atom stereocenters. The minimum Gasteiger partial charge on any atom is -0.504 e. The third-order valence-electron chi connectivity index (χ3n) is 9.29. The molecule has 2 bridgehead atoms. The summed E-state index contributed by atoms with van der Waals surface area (Å²) in [6.45, 7) is 2.17. The Kier molecular flexibility index (Phi) is 5.71. The molecule has 0 unspecified atom stereocenters. The summed E-state index contributed by atoms with van der Waals surface area (Å²) in [7, 11) is -4.64. The average Bonchev–Trinajstić information content (AvgIpc) is 3.45. The van der Waals surface area contributed by atoms with E-state index < -0.39 is 7.82 Å². The average molecular weight is 547 g/mol. The van der Waals surface area contributed by atoms with Crippen molar-refractivity contribution in [3.05, 3.63) is 94.7 Å². The van der Waals surface area contributed by atoms with Gasteiger partial charge in [-0.25, -0.2) is 4.57 Å². The number of rotatable bonds is 3. The number of hydrogen-bond donors (Lipinski definition) is 5. The summed E-state index contributed by atoms with van der Waals surface area (Å²) in [5, 5.41) is 12.1. The van der Waals surface area contributed by atoms with Gasteiger partial charge in [-0.05, 0) is 67.0 Å². The van der Waals surface area contributed by atoms with E-state index in [0.29, 0.717) is 17.7 Å². The first-order valence-electron chi connectivity index (χ1n) is 13.4. The largest absolute Gasteiger partial charge is 0.504 e. The van der Waals surface area contributed by atoms with Gasteiger partial charge in [0.2, 0.25) is 0 Å². The minimum atomic E-state index is -4.64. The minimum absolute atomic E-state index is 0.0465. The Bertz CT molecular complexity index is 1610. The Hall–Kier alpha value is -3.13. The lowest BCUT2D eigenvalue weighted by Gasteiger charge is -2.58. The van der Waals surface area contributed by atoms with Crippen LogP contribution in [-0.2, 0) is 29.2 Å². The molecule has 1 fully saturated rings. The highest BCUT2D eigenvalue weighted by Gasteiger charge is 2.65. The molecule has 1 saturated heterocycles. The number of piperidine rings is 1. The number of likely N-dealkylation sites (tertiary alicyclic amines) is 1. The predicted octanol–water partition coefficient (Wildman–Crippen LogP) is 4.36. The normalized spacial score (nSPS) is 26.3. The first-order chi connectivity index (χ1) is 18.7. The molecule has 8 nitrogen and oxygen atoms in total. The molecule has 2 aliphatic carbocycles. The van der Waals surface area contributed by atoms with Crippen molar-refractivity contribution in [3.63, 3.8) is 0 Å². The molecule has 0 saturated carbocycles. The van der Waals surface area contributed by atoms with Gasteiger partial charge in [-0.1, -0.05) is 54.6 Å². The maximum Gasteiger partial charge on any atom is 0.466 e. The molecule has 3 aromatic carbocycles. The van der Waals surface area contributed by atoms with Crippen molar-refractivity contribution in [2.45, 2.75) is 43.2 Å². The zero-order valence-corrected chi connectivity index (χ0v) is 22.2. The third kappa shape index (κ3) is 3.93. The number of nitrogens with one attached hydrogen (secondary N) is 1. The molecule has 0 amide bonds. The van der Waals surface area contributed by atoms with Crippen LogP contribution >= 0.6 is 7.82 Å². The summed E-state index contributed by atoms with van der Waals surface area (Å²) in [5.74, 6) is 1.53. The van der Waals surface area contributed by atoms with Gasteiger partial charge in [0.15, 0.2) is 11.5 Å². The molecular weight excluding hydrogens is 515 g/mol. The van der Waals surface area contributed by atoms with E-state index in [9.17, 15) is 5.11 Å². The predicted molar refractivity (Wildman–Crippen MR) is 147 cm³/mol. The highest BCUT2D eigenvalue weighted by Crippen LogP contribution is 2.67. The van der Waals surface area contributed by atoms with Crippen molar-refractivity contribution in [1.82, 2.24) is 9.88 Å². The van der Waals surface area contributed by atoms with Gasteiger partial charge in [0.25, 0.3) is 0 Å². The van der Waals surface area contributed by atoms with Crippen LogP contribution in [-0.4, -0.2) is 48.8 Å². The Morgan fingerprint density at radius 3 is 2.54 bits per heavy atom. The van der Waals surface area contributed by atoms with Crippen molar-refractivity contribution in [2.75, 3.05) is 13.1 Å². The van der Waals surface area contributed by atoms with Crippen LogP contribution < -0.4 is 4.74 Å². The number of hydrogen-bond acceptors (Lipinski definition) is 4. The molecule has 1 spiro atoms. The lowest BCUT2D eigenvalue weighted by Crippen LogP contribution is -2.63. The lowest BCUT2D eigenvalue weighted by atomic mass is 9.51. The number of ether oxygens (including phenoxy) is 1. The Labute approximate surface area is 226 Å². The van der Waals surface area contributed by atoms with E-state index in [1.165, 1.54) is 38.9 Å². The van der Waals surface area contributed by atoms with Gasteiger partial charge in [0, 0.05) is 34.5 Å². The van der Waals surface area contributed by atoms with Crippen LogP contribution in [0.5, 0.6) is 11.5 Å².